The highest BCUT2D eigenvalue weighted by molar-refractivity contribution is 5.85. The molecule has 3 fully saturated rings. The molecule has 3 saturated heterocycles. The van der Waals surface area contributed by atoms with Crippen molar-refractivity contribution >= 4 is 5.91 Å². The highest BCUT2D eigenvalue weighted by Gasteiger charge is 2.60. The van der Waals surface area contributed by atoms with Crippen molar-refractivity contribution in [3.63, 3.8) is 0 Å². The fourth-order valence-corrected chi connectivity index (χ4v) is 4.28. The van der Waals surface area contributed by atoms with E-state index in [4.69, 9.17) is 4.74 Å². The number of fused-ring (bicyclic) bond motifs is 1. The summed E-state index contributed by atoms with van der Waals surface area (Å²) in [6, 6.07) is 10.4. The minimum atomic E-state index is -0.397. The number of benzene rings is 1. The van der Waals surface area contributed by atoms with Gasteiger partial charge in [-0.2, -0.15) is 0 Å². The minimum Gasteiger partial charge on any atom is -0.371 e. The molecule has 21 heavy (non-hydrogen) atoms. The third-order valence-corrected chi connectivity index (χ3v) is 5.34. The van der Waals surface area contributed by atoms with Crippen molar-refractivity contribution in [3.8, 4) is 0 Å². The number of carbonyl (C=O) groups is 1. The van der Waals surface area contributed by atoms with E-state index < -0.39 is 5.41 Å². The van der Waals surface area contributed by atoms with Gasteiger partial charge in [-0.05, 0) is 31.4 Å². The average Bonchev–Trinajstić information content (AvgIpc) is 3.23. The Balaban J connectivity index is 1.72. The van der Waals surface area contributed by atoms with Crippen LogP contribution in [0.2, 0.25) is 0 Å². The maximum absolute atomic E-state index is 13.2. The van der Waals surface area contributed by atoms with E-state index in [1.807, 2.05) is 18.2 Å². The third-order valence-electron chi connectivity index (χ3n) is 5.34. The average molecular weight is 286 g/mol. The number of hydrogen-bond acceptors (Lipinski definition) is 3. The first-order chi connectivity index (χ1) is 10.3. The summed E-state index contributed by atoms with van der Waals surface area (Å²) in [7, 11) is 0. The molecular formula is C17H22N2O2. The molecule has 4 rings (SSSR count). The van der Waals surface area contributed by atoms with Gasteiger partial charge in [0, 0.05) is 19.1 Å². The number of carbonyl (C=O) groups excluding carboxylic acids is 1. The SMILES string of the molecule is O=C(N1CCCC1)[C@]12CCN[C@H]1CO[C@@H]2c1ccccc1. The summed E-state index contributed by atoms with van der Waals surface area (Å²) in [5.41, 5.74) is 0.738. The van der Waals surface area contributed by atoms with Crippen LogP contribution in [0.15, 0.2) is 30.3 Å². The molecule has 0 aromatic heterocycles. The molecule has 3 aliphatic rings. The molecule has 1 amide bonds. The smallest absolute Gasteiger partial charge is 0.233 e. The van der Waals surface area contributed by atoms with E-state index in [1.54, 1.807) is 0 Å². The van der Waals surface area contributed by atoms with Gasteiger partial charge in [0.2, 0.25) is 5.91 Å². The topological polar surface area (TPSA) is 41.6 Å². The molecule has 4 heteroatoms. The Morgan fingerprint density at radius 3 is 2.76 bits per heavy atom. The monoisotopic (exact) mass is 286 g/mol. The lowest BCUT2D eigenvalue weighted by molar-refractivity contribution is -0.144. The summed E-state index contributed by atoms with van der Waals surface area (Å²) in [6.07, 6.45) is 3.05. The molecule has 3 aliphatic heterocycles. The summed E-state index contributed by atoms with van der Waals surface area (Å²) in [5, 5.41) is 3.49. The van der Waals surface area contributed by atoms with Gasteiger partial charge in [0.25, 0.3) is 0 Å². The quantitative estimate of drug-likeness (QED) is 0.900. The highest BCUT2D eigenvalue weighted by Crippen LogP contribution is 2.51. The molecule has 0 bridgehead atoms. The Morgan fingerprint density at radius 2 is 2.00 bits per heavy atom. The molecular weight excluding hydrogens is 264 g/mol. The van der Waals surface area contributed by atoms with Crippen LogP contribution in [0.1, 0.15) is 30.9 Å². The molecule has 0 radical (unpaired) electrons. The number of likely N-dealkylation sites (tertiary alicyclic amines) is 1. The zero-order valence-electron chi connectivity index (χ0n) is 12.3. The zero-order valence-corrected chi connectivity index (χ0v) is 12.3. The van der Waals surface area contributed by atoms with Gasteiger partial charge in [0.05, 0.1) is 18.1 Å². The summed E-state index contributed by atoms with van der Waals surface area (Å²) in [6.45, 7) is 3.37. The van der Waals surface area contributed by atoms with Crippen LogP contribution in [0, 0.1) is 5.41 Å². The first kappa shape index (κ1) is 13.3. The lowest BCUT2D eigenvalue weighted by Crippen LogP contribution is -2.49. The van der Waals surface area contributed by atoms with Gasteiger partial charge in [-0.15, -0.1) is 0 Å². The number of nitrogens with one attached hydrogen (secondary N) is 1. The second-order valence-electron chi connectivity index (χ2n) is 6.42. The fraction of sp³-hybridized carbons (Fsp3) is 0.588. The Morgan fingerprint density at radius 1 is 1.24 bits per heavy atom. The van der Waals surface area contributed by atoms with Crippen LogP contribution in [0.3, 0.4) is 0 Å². The number of hydrogen-bond donors (Lipinski definition) is 1. The third kappa shape index (κ3) is 1.93. The molecule has 0 unspecified atom stereocenters. The van der Waals surface area contributed by atoms with E-state index in [0.29, 0.717) is 12.5 Å². The molecule has 112 valence electrons. The number of rotatable bonds is 2. The van der Waals surface area contributed by atoms with Crippen molar-refractivity contribution in [2.24, 2.45) is 5.41 Å². The van der Waals surface area contributed by atoms with Crippen LogP contribution in [0.4, 0.5) is 0 Å². The zero-order chi connectivity index (χ0) is 14.3. The van der Waals surface area contributed by atoms with E-state index in [-0.39, 0.29) is 12.1 Å². The van der Waals surface area contributed by atoms with E-state index in [0.717, 1.165) is 44.5 Å². The summed E-state index contributed by atoms with van der Waals surface area (Å²) >= 11 is 0. The summed E-state index contributed by atoms with van der Waals surface area (Å²) in [4.78, 5) is 15.3. The molecule has 3 heterocycles. The molecule has 0 aliphatic carbocycles. The van der Waals surface area contributed by atoms with Crippen LogP contribution < -0.4 is 5.32 Å². The van der Waals surface area contributed by atoms with Gasteiger partial charge in [0.1, 0.15) is 0 Å². The van der Waals surface area contributed by atoms with Gasteiger partial charge in [0.15, 0.2) is 0 Å². The van der Waals surface area contributed by atoms with Crippen LogP contribution in [-0.2, 0) is 9.53 Å². The van der Waals surface area contributed by atoms with Gasteiger partial charge >= 0.3 is 0 Å². The maximum Gasteiger partial charge on any atom is 0.233 e. The normalized spacial score (nSPS) is 35.1. The van der Waals surface area contributed by atoms with Crippen molar-refractivity contribution < 1.29 is 9.53 Å². The second kappa shape index (κ2) is 5.11. The molecule has 0 spiro atoms. The largest absolute Gasteiger partial charge is 0.371 e. The molecule has 3 atom stereocenters. The van der Waals surface area contributed by atoms with Crippen molar-refractivity contribution in [1.82, 2.24) is 10.2 Å². The molecule has 1 aromatic carbocycles. The van der Waals surface area contributed by atoms with Gasteiger partial charge in [-0.1, -0.05) is 30.3 Å². The Hall–Kier alpha value is -1.39. The Bertz CT molecular complexity index is 527. The van der Waals surface area contributed by atoms with Crippen LogP contribution in [0.5, 0.6) is 0 Å². The van der Waals surface area contributed by atoms with E-state index in [2.05, 4.69) is 22.3 Å². The number of amides is 1. The van der Waals surface area contributed by atoms with Crippen LogP contribution in [-0.4, -0.2) is 43.1 Å². The minimum absolute atomic E-state index is 0.105. The summed E-state index contributed by atoms with van der Waals surface area (Å²) < 4.78 is 6.08. The van der Waals surface area contributed by atoms with Crippen molar-refractivity contribution in [1.29, 1.82) is 0 Å². The molecule has 4 nitrogen and oxygen atoms in total. The van der Waals surface area contributed by atoms with Gasteiger partial charge in [-0.25, -0.2) is 0 Å². The lowest BCUT2D eigenvalue weighted by atomic mass is 9.73. The van der Waals surface area contributed by atoms with Crippen molar-refractivity contribution in [3.05, 3.63) is 35.9 Å². The predicted molar refractivity (Wildman–Crippen MR) is 79.8 cm³/mol. The van der Waals surface area contributed by atoms with E-state index in [1.165, 1.54) is 0 Å². The molecule has 1 aromatic rings. The lowest BCUT2D eigenvalue weighted by Gasteiger charge is -2.35. The number of nitrogens with zero attached hydrogens (tertiary/aromatic N) is 1. The first-order valence-corrected chi connectivity index (χ1v) is 8.02. The standard InChI is InChI=1S/C17H22N2O2/c20-16(19-10-4-5-11-19)17-8-9-18-14(17)12-21-15(17)13-6-2-1-3-7-13/h1-3,6-7,14-15,18H,4-5,8-12H2/t14-,15+,17+/m0/s1. The van der Waals surface area contributed by atoms with Crippen molar-refractivity contribution in [2.45, 2.75) is 31.4 Å². The van der Waals surface area contributed by atoms with E-state index >= 15 is 0 Å². The van der Waals surface area contributed by atoms with Crippen LogP contribution >= 0.6 is 0 Å². The van der Waals surface area contributed by atoms with Gasteiger partial charge < -0.3 is 15.0 Å². The summed E-state index contributed by atoms with van der Waals surface area (Å²) in [5.74, 6) is 0.307. The Kier molecular flexibility index (Phi) is 3.23. The van der Waals surface area contributed by atoms with Gasteiger partial charge in [-0.3, -0.25) is 4.79 Å². The molecule has 1 N–H and O–H groups in total. The second-order valence-corrected chi connectivity index (χ2v) is 6.42. The predicted octanol–water partition coefficient (Wildman–Crippen LogP) is 1.73. The van der Waals surface area contributed by atoms with Crippen LogP contribution in [0.25, 0.3) is 0 Å². The van der Waals surface area contributed by atoms with Crippen molar-refractivity contribution in [2.75, 3.05) is 26.2 Å². The van der Waals surface area contributed by atoms with E-state index in [9.17, 15) is 4.79 Å². The highest BCUT2D eigenvalue weighted by atomic mass is 16.5. The first-order valence-electron chi connectivity index (χ1n) is 8.02. The Labute approximate surface area is 125 Å². The maximum atomic E-state index is 13.2. The number of ether oxygens (including phenoxy) is 1. The fourth-order valence-electron chi connectivity index (χ4n) is 4.28. The molecule has 0 saturated carbocycles.